The topological polar surface area (TPSA) is 154 Å². The van der Waals surface area contributed by atoms with E-state index in [4.69, 9.17) is 0 Å². The standard InChI is InChI=1S/C35H30N2O8S2/c1-23-16-17-31-34-24(23)10-7-11-26(34)29(37(31)22-33(38)39)15-6-4-2-3-5-14-28-25-12-8-13-27-32(47(43,44)45)19-18-30(35(25)27)36(28)20-9-21-46(40,41)42/h2-8,10-19H,9,20-22H2,1H3,(H2-,38,39,40,41,42,43,44,45)/p+1. The quantitative estimate of drug-likeness (QED) is 0.0987. The highest BCUT2D eigenvalue weighted by atomic mass is 32.2. The second-order valence-corrected chi connectivity index (χ2v) is 14.2. The number of aryl methyl sites for hydroxylation is 2. The third-order valence-electron chi connectivity index (χ3n) is 8.24. The van der Waals surface area contributed by atoms with Crippen molar-refractivity contribution in [3.8, 4) is 0 Å². The van der Waals surface area contributed by atoms with E-state index >= 15 is 0 Å². The molecule has 0 fully saturated rings. The Hall–Kier alpha value is -4.88. The maximum Gasteiger partial charge on any atom is 0.370 e. The molecule has 12 heteroatoms. The molecule has 0 saturated carbocycles. The maximum atomic E-state index is 12.1. The monoisotopic (exact) mass is 671 g/mol. The largest absolute Gasteiger partial charge is 0.477 e. The van der Waals surface area contributed by atoms with Gasteiger partial charge in [-0.05, 0) is 48.6 Å². The zero-order valence-corrected chi connectivity index (χ0v) is 26.9. The predicted molar refractivity (Wildman–Crippen MR) is 183 cm³/mol. The van der Waals surface area contributed by atoms with Gasteiger partial charge >= 0.3 is 5.97 Å². The molecule has 47 heavy (non-hydrogen) atoms. The van der Waals surface area contributed by atoms with E-state index in [1.54, 1.807) is 34.9 Å². The molecule has 2 heterocycles. The van der Waals surface area contributed by atoms with Crippen LogP contribution in [-0.2, 0) is 31.6 Å². The lowest BCUT2D eigenvalue weighted by Crippen LogP contribution is -2.19. The average Bonchev–Trinajstić information content (AvgIpc) is 3.46. The van der Waals surface area contributed by atoms with Crippen LogP contribution in [0.3, 0.4) is 0 Å². The first-order valence-electron chi connectivity index (χ1n) is 14.7. The van der Waals surface area contributed by atoms with E-state index in [1.807, 2.05) is 78.3 Å². The molecule has 0 radical (unpaired) electrons. The van der Waals surface area contributed by atoms with E-state index in [9.17, 15) is 35.8 Å². The van der Waals surface area contributed by atoms with Gasteiger partial charge in [0.15, 0.2) is 0 Å². The van der Waals surface area contributed by atoms with Crippen LogP contribution in [0.1, 0.15) is 17.5 Å². The highest BCUT2D eigenvalue weighted by Gasteiger charge is 2.32. The van der Waals surface area contributed by atoms with Crippen molar-refractivity contribution in [3.05, 3.63) is 114 Å². The summed E-state index contributed by atoms with van der Waals surface area (Å²) in [4.78, 5) is 11.5. The van der Waals surface area contributed by atoms with Gasteiger partial charge in [0.25, 0.3) is 20.2 Å². The molecule has 0 aliphatic carbocycles. The molecule has 5 aromatic rings. The molecule has 6 rings (SSSR count). The highest BCUT2D eigenvalue weighted by molar-refractivity contribution is 7.86. The molecule has 10 nitrogen and oxygen atoms in total. The van der Waals surface area contributed by atoms with Gasteiger partial charge in [0.05, 0.1) is 16.7 Å². The van der Waals surface area contributed by atoms with Crippen molar-refractivity contribution in [1.29, 1.82) is 0 Å². The summed E-state index contributed by atoms with van der Waals surface area (Å²) >= 11 is 0. The zero-order chi connectivity index (χ0) is 33.5. The van der Waals surface area contributed by atoms with Crippen LogP contribution in [0.5, 0.6) is 0 Å². The second-order valence-electron chi connectivity index (χ2n) is 11.3. The van der Waals surface area contributed by atoms with Gasteiger partial charge in [-0.3, -0.25) is 9.11 Å². The number of carboxylic acid groups (broad SMARTS) is 1. The Kier molecular flexibility index (Phi) is 8.45. The van der Waals surface area contributed by atoms with Crippen molar-refractivity contribution in [1.82, 2.24) is 4.57 Å². The molecular formula is C35H31N2O8S2+. The Morgan fingerprint density at radius 3 is 2.28 bits per heavy atom. The van der Waals surface area contributed by atoms with Crippen LogP contribution < -0.4 is 5.35 Å². The third-order valence-corrected chi connectivity index (χ3v) is 9.95. The fourth-order valence-electron chi connectivity index (χ4n) is 6.34. The highest BCUT2D eigenvalue weighted by Crippen LogP contribution is 2.37. The van der Waals surface area contributed by atoms with E-state index in [1.165, 1.54) is 6.07 Å². The minimum Gasteiger partial charge on any atom is -0.477 e. The fraction of sp³-hybridized carbons (Fsp3) is 0.143. The lowest BCUT2D eigenvalue weighted by molar-refractivity contribution is -0.425. The fourth-order valence-corrected chi connectivity index (χ4v) is 7.53. The van der Waals surface area contributed by atoms with Crippen molar-refractivity contribution in [2.24, 2.45) is 0 Å². The molecule has 0 atom stereocenters. The van der Waals surface area contributed by atoms with Gasteiger partial charge in [0.2, 0.25) is 17.9 Å². The molecule has 1 aliphatic heterocycles. The minimum atomic E-state index is -4.49. The number of aromatic nitrogens is 1. The Morgan fingerprint density at radius 2 is 1.53 bits per heavy atom. The number of carboxylic acids is 1. The molecule has 0 bridgehead atoms. The first kappa shape index (κ1) is 32.1. The number of hydrogen-bond donors (Lipinski definition) is 3. The molecule has 240 valence electrons. The van der Waals surface area contributed by atoms with E-state index in [2.05, 4.69) is 0 Å². The van der Waals surface area contributed by atoms with Crippen molar-refractivity contribution in [2.75, 3.05) is 12.3 Å². The van der Waals surface area contributed by atoms with E-state index < -0.39 is 32.0 Å². The van der Waals surface area contributed by atoms with Crippen molar-refractivity contribution in [2.45, 2.75) is 24.8 Å². The SMILES string of the molecule is Cc1ccc2c3c(cccc13)C(/C=C/C=C/C=C/C=c1/c3cccc4c(S(=O)(=O)O)ccc(c43)n1CCCS(=O)(=O)O)=[N+]2CC(=O)O. The molecule has 3 N–H and O–H groups in total. The van der Waals surface area contributed by atoms with Gasteiger partial charge in [-0.2, -0.15) is 21.4 Å². The lowest BCUT2D eigenvalue weighted by atomic mass is 9.99. The molecular weight excluding hydrogens is 641 g/mol. The van der Waals surface area contributed by atoms with Gasteiger partial charge in [-0.25, -0.2) is 4.79 Å². The normalized spacial score (nSPS) is 14.5. The van der Waals surface area contributed by atoms with E-state index in [-0.39, 0.29) is 24.4 Å². The van der Waals surface area contributed by atoms with E-state index in [0.29, 0.717) is 27.0 Å². The summed E-state index contributed by atoms with van der Waals surface area (Å²) < 4.78 is 69.7. The summed E-state index contributed by atoms with van der Waals surface area (Å²) in [7, 11) is -8.67. The second kappa shape index (κ2) is 12.4. The molecule has 0 spiro atoms. The van der Waals surface area contributed by atoms with Gasteiger partial charge in [-0.1, -0.05) is 66.8 Å². The van der Waals surface area contributed by atoms with Gasteiger partial charge < -0.3 is 9.67 Å². The Morgan fingerprint density at radius 1 is 0.830 bits per heavy atom. The number of carbonyl (C=O) groups is 1. The van der Waals surface area contributed by atoms with Crippen molar-refractivity contribution >= 4 is 76.1 Å². The summed E-state index contributed by atoms with van der Waals surface area (Å²) in [6, 6.07) is 18.0. The lowest BCUT2D eigenvalue weighted by Gasteiger charge is -2.07. The maximum absolute atomic E-state index is 12.1. The molecule has 0 saturated heterocycles. The summed E-state index contributed by atoms with van der Waals surface area (Å²) in [5.74, 6) is -1.37. The number of benzene rings is 4. The Balaban J connectivity index is 1.34. The van der Waals surface area contributed by atoms with Crippen LogP contribution >= 0.6 is 0 Å². The molecule has 0 unspecified atom stereocenters. The van der Waals surface area contributed by atoms with E-state index in [0.717, 1.165) is 33.3 Å². The molecule has 1 aliphatic rings. The minimum absolute atomic E-state index is 0.120. The first-order valence-corrected chi connectivity index (χ1v) is 17.8. The Bertz CT molecular complexity index is 2500. The van der Waals surface area contributed by atoms with Crippen LogP contribution in [0.2, 0.25) is 0 Å². The van der Waals surface area contributed by atoms with Crippen LogP contribution in [0, 0.1) is 6.92 Å². The summed E-state index contributed by atoms with van der Waals surface area (Å²) in [5.41, 5.74) is 4.38. The predicted octanol–water partition coefficient (Wildman–Crippen LogP) is 5.18. The zero-order valence-electron chi connectivity index (χ0n) is 25.2. The molecule has 1 aromatic heterocycles. The van der Waals surface area contributed by atoms with Crippen LogP contribution in [0.25, 0.3) is 38.5 Å². The van der Waals surface area contributed by atoms with Gasteiger partial charge in [0, 0.05) is 45.7 Å². The molecule has 4 aromatic carbocycles. The van der Waals surface area contributed by atoms with Crippen molar-refractivity contribution < 1.29 is 40.4 Å². The number of allylic oxidation sites excluding steroid dienone is 6. The molecule has 0 amide bonds. The van der Waals surface area contributed by atoms with Crippen LogP contribution in [0.4, 0.5) is 5.69 Å². The third kappa shape index (κ3) is 6.28. The summed E-state index contributed by atoms with van der Waals surface area (Å²) in [6.45, 7) is 2.08. The van der Waals surface area contributed by atoms with Gasteiger partial charge in [-0.15, -0.1) is 0 Å². The number of rotatable bonds is 11. The van der Waals surface area contributed by atoms with Gasteiger partial charge in [0.1, 0.15) is 4.90 Å². The first-order chi connectivity index (χ1) is 22.3. The summed E-state index contributed by atoms with van der Waals surface area (Å²) in [6.07, 6.45) is 12.9. The van der Waals surface area contributed by atoms with Crippen LogP contribution in [0.15, 0.2) is 102 Å². The van der Waals surface area contributed by atoms with Crippen LogP contribution in [-0.4, -0.2) is 64.2 Å². The smallest absolute Gasteiger partial charge is 0.370 e. The Labute approximate surface area is 271 Å². The summed E-state index contributed by atoms with van der Waals surface area (Å²) in [5, 5.41) is 14.1. The number of hydrogen-bond acceptors (Lipinski definition) is 5. The number of aliphatic carboxylic acids is 1. The van der Waals surface area contributed by atoms with Crippen molar-refractivity contribution in [3.63, 3.8) is 0 Å². The number of nitrogens with zero attached hydrogens (tertiary/aromatic N) is 2. The average molecular weight is 672 g/mol.